The summed E-state index contributed by atoms with van der Waals surface area (Å²) in [5.41, 5.74) is 0.944. The van der Waals surface area contributed by atoms with Crippen molar-refractivity contribution in [3.05, 3.63) is 35.8 Å². The van der Waals surface area contributed by atoms with Crippen LogP contribution in [0.5, 0.6) is 0 Å². The van der Waals surface area contributed by atoms with Crippen LogP contribution in [0.1, 0.15) is 22.3 Å². The Labute approximate surface area is 113 Å². The van der Waals surface area contributed by atoms with Crippen LogP contribution in [0.2, 0.25) is 0 Å². The van der Waals surface area contributed by atoms with Crippen molar-refractivity contribution in [2.75, 3.05) is 11.9 Å². The third-order valence-electron chi connectivity index (χ3n) is 2.12. The fraction of sp³-hybridized carbons (Fsp3) is 0.167. The number of anilines is 1. The van der Waals surface area contributed by atoms with Gasteiger partial charge in [0.05, 0.1) is 23.9 Å². The second-order valence-electron chi connectivity index (χ2n) is 3.43. The molecule has 0 aromatic carbocycles. The van der Waals surface area contributed by atoms with Crippen LogP contribution in [0, 0.1) is 11.8 Å². The highest BCUT2D eigenvalue weighted by molar-refractivity contribution is 7.10. The molecule has 6 nitrogen and oxygen atoms in total. The zero-order valence-electron chi connectivity index (χ0n) is 9.83. The molecule has 0 aliphatic carbocycles. The number of hydrogen-bond acceptors (Lipinski definition) is 6. The Kier molecular flexibility index (Phi) is 4.55. The summed E-state index contributed by atoms with van der Waals surface area (Å²) in [6.07, 6.45) is 4.87. The van der Waals surface area contributed by atoms with Crippen molar-refractivity contribution >= 4 is 22.4 Å². The molecule has 2 N–H and O–H groups in total. The third kappa shape index (κ3) is 3.58. The van der Waals surface area contributed by atoms with Gasteiger partial charge in [0, 0.05) is 30.3 Å². The standard InChI is InChI=1S/C12H10N4O2S/c17-6-2-1-3-9-7-13-5-4-10(9)12(18)15-11-8-14-16-19-11/h4-5,7-8,17H,2,6H2,(H,15,18). The number of pyridine rings is 1. The normalized spacial score (nSPS) is 9.53. The average molecular weight is 274 g/mol. The number of hydrogen-bond donors (Lipinski definition) is 2. The fourth-order valence-corrected chi connectivity index (χ4v) is 1.72. The maximum atomic E-state index is 12.1. The fourth-order valence-electron chi connectivity index (χ4n) is 1.31. The maximum Gasteiger partial charge on any atom is 0.257 e. The van der Waals surface area contributed by atoms with Crippen LogP contribution in [0.25, 0.3) is 0 Å². The summed E-state index contributed by atoms with van der Waals surface area (Å²) in [5.74, 6) is 5.29. The SMILES string of the molecule is O=C(Nc1cnns1)c1ccncc1C#CCCO. The predicted molar refractivity (Wildman–Crippen MR) is 70.7 cm³/mol. The highest BCUT2D eigenvalue weighted by Gasteiger charge is 2.11. The van der Waals surface area contributed by atoms with E-state index in [4.69, 9.17) is 5.11 Å². The Morgan fingerprint density at radius 2 is 2.37 bits per heavy atom. The summed E-state index contributed by atoms with van der Waals surface area (Å²) in [6, 6.07) is 1.59. The molecule has 0 saturated heterocycles. The van der Waals surface area contributed by atoms with Gasteiger partial charge >= 0.3 is 0 Å². The summed E-state index contributed by atoms with van der Waals surface area (Å²) < 4.78 is 3.66. The van der Waals surface area contributed by atoms with Crippen molar-refractivity contribution in [1.82, 2.24) is 14.6 Å². The maximum absolute atomic E-state index is 12.1. The molecule has 7 heteroatoms. The van der Waals surface area contributed by atoms with E-state index in [1.807, 2.05) is 0 Å². The molecule has 1 amide bonds. The van der Waals surface area contributed by atoms with Crippen molar-refractivity contribution in [2.45, 2.75) is 6.42 Å². The molecule has 0 atom stereocenters. The minimum atomic E-state index is -0.290. The van der Waals surface area contributed by atoms with Crippen LogP contribution < -0.4 is 5.32 Å². The van der Waals surface area contributed by atoms with Gasteiger partial charge in [-0.05, 0) is 6.07 Å². The van der Waals surface area contributed by atoms with Gasteiger partial charge in [0.25, 0.3) is 5.91 Å². The summed E-state index contributed by atoms with van der Waals surface area (Å²) in [7, 11) is 0. The summed E-state index contributed by atoms with van der Waals surface area (Å²) >= 11 is 1.10. The molecule has 2 heterocycles. The molecule has 2 aromatic rings. The van der Waals surface area contributed by atoms with Gasteiger partial charge in [-0.25, -0.2) is 0 Å². The zero-order valence-corrected chi connectivity index (χ0v) is 10.6. The van der Waals surface area contributed by atoms with Crippen molar-refractivity contribution < 1.29 is 9.90 Å². The molecule has 19 heavy (non-hydrogen) atoms. The smallest absolute Gasteiger partial charge is 0.257 e. The van der Waals surface area contributed by atoms with Crippen LogP contribution >= 0.6 is 11.5 Å². The molecular weight excluding hydrogens is 264 g/mol. The number of rotatable bonds is 3. The molecule has 0 saturated carbocycles. The lowest BCUT2D eigenvalue weighted by molar-refractivity contribution is 0.102. The van der Waals surface area contributed by atoms with Crippen molar-refractivity contribution in [1.29, 1.82) is 0 Å². The number of nitrogens with zero attached hydrogens (tertiary/aromatic N) is 3. The van der Waals surface area contributed by atoms with E-state index in [1.165, 1.54) is 18.6 Å². The molecule has 0 aliphatic rings. The summed E-state index contributed by atoms with van der Waals surface area (Å²) in [4.78, 5) is 16.0. The van der Waals surface area contributed by atoms with Crippen molar-refractivity contribution in [2.24, 2.45) is 0 Å². The van der Waals surface area contributed by atoms with Crippen LogP contribution in [-0.2, 0) is 0 Å². The minimum absolute atomic E-state index is 0.0126. The Bertz CT molecular complexity index is 616. The molecule has 2 rings (SSSR count). The van der Waals surface area contributed by atoms with Crippen molar-refractivity contribution in [3.63, 3.8) is 0 Å². The predicted octanol–water partition coefficient (Wildman–Crippen LogP) is 0.919. The van der Waals surface area contributed by atoms with Crippen LogP contribution in [0.15, 0.2) is 24.7 Å². The first-order valence-corrected chi connectivity index (χ1v) is 6.21. The molecule has 0 aliphatic heterocycles. The van der Waals surface area contributed by atoms with E-state index in [-0.39, 0.29) is 12.5 Å². The van der Waals surface area contributed by atoms with Crippen LogP contribution in [0.3, 0.4) is 0 Å². The Hall–Kier alpha value is -2.30. The van der Waals surface area contributed by atoms with Crippen LogP contribution in [-0.4, -0.2) is 32.2 Å². The van der Waals surface area contributed by atoms with E-state index >= 15 is 0 Å². The van der Waals surface area contributed by atoms with Gasteiger partial charge < -0.3 is 10.4 Å². The monoisotopic (exact) mass is 274 g/mol. The number of aliphatic hydroxyl groups is 1. The Balaban J connectivity index is 2.20. The number of aliphatic hydroxyl groups excluding tert-OH is 1. The average Bonchev–Trinajstić information content (AvgIpc) is 2.92. The van der Waals surface area contributed by atoms with E-state index < -0.39 is 0 Å². The third-order valence-corrected chi connectivity index (χ3v) is 2.70. The molecular formula is C12H10N4O2S. The first-order valence-electron chi connectivity index (χ1n) is 5.43. The second-order valence-corrected chi connectivity index (χ2v) is 4.22. The van der Waals surface area contributed by atoms with Crippen LogP contribution in [0.4, 0.5) is 5.00 Å². The lowest BCUT2D eigenvalue weighted by Crippen LogP contribution is -2.12. The largest absolute Gasteiger partial charge is 0.395 e. The van der Waals surface area contributed by atoms with Gasteiger partial charge in [0.15, 0.2) is 0 Å². The second kappa shape index (κ2) is 6.58. The Morgan fingerprint density at radius 1 is 1.47 bits per heavy atom. The molecule has 96 valence electrons. The minimum Gasteiger partial charge on any atom is -0.395 e. The van der Waals surface area contributed by atoms with E-state index in [9.17, 15) is 4.79 Å². The van der Waals surface area contributed by atoms with E-state index in [0.717, 1.165) is 11.5 Å². The lowest BCUT2D eigenvalue weighted by Gasteiger charge is -2.03. The van der Waals surface area contributed by atoms with Gasteiger partial charge in [-0.2, -0.15) is 0 Å². The molecule has 0 bridgehead atoms. The first-order chi connectivity index (χ1) is 9.31. The molecule has 0 fully saturated rings. The number of aromatic nitrogens is 3. The van der Waals surface area contributed by atoms with Gasteiger partial charge in [-0.15, -0.1) is 5.10 Å². The number of nitrogens with one attached hydrogen (secondary N) is 1. The quantitative estimate of drug-likeness (QED) is 0.813. The summed E-state index contributed by atoms with van der Waals surface area (Å²) in [5, 5.41) is 15.6. The lowest BCUT2D eigenvalue weighted by atomic mass is 10.1. The van der Waals surface area contributed by atoms with Gasteiger partial charge in [-0.1, -0.05) is 16.3 Å². The number of amides is 1. The molecule has 2 aromatic heterocycles. The van der Waals surface area contributed by atoms with E-state index in [0.29, 0.717) is 22.5 Å². The Morgan fingerprint density at radius 3 is 3.11 bits per heavy atom. The summed E-state index contributed by atoms with van der Waals surface area (Å²) in [6.45, 7) is -0.0126. The van der Waals surface area contributed by atoms with E-state index in [1.54, 1.807) is 6.07 Å². The highest BCUT2D eigenvalue weighted by Crippen LogP contribution is 2.13. The first kappa shape index (κ1) is 13.1. The number of carbonyl (C=O) groups excluding carboxylic acids is 1. The van der Waals surface area contributed by atoms with Crippen molar-refractivity contribution in [3.8, 4) is 11.8 Å². The molecule has 0 spiro atoms. The van der Waals surface area contributed by atoms with Gasteiger partial charge in [-0.3, -0.25) is 9.78 Å². The number of carbonyl (C=O) groups is 1. The van der Waals surface area contributed by atoms with Gasteiger partial charge in [0.2, 0.25) is 0 Å². The zero-order chi connectivity index (χ0) is 13.5. The van der Waals surface area contributed by atoms with Gasteiger partial charge in [0.1, 0.15) is 5.00 Å². The van der Waals surface area contributed by atoms with E-state index in [2.05, 4.69) is 31.7 Å². The highest BCUT2D eigenvalue weighted by atomic mass is 32.1. The molecule has 0 radical (unpaired) electrons. The molecule has 0 unspecified atom stereocenters. The topological polar surface area (TPSA) is 88.0 Å².